The van der Waals surface area contributed by atoms with Crippen molar-refractivity contribution in [2.45, 2.75) is 18.8 Å². The minimum absolute atomic E-state index is 0.0760. The molecular weight excluding hydrogens is 375 g/mol. The molecule has 0 bridgehead atoms. The molecule has 2 N–H and O–H groups in total. The number of ether oxygens (including phenoxy) is 1. The van der Waals surface area contributed by atoms with E-state index in [1.807, 2.05) is 0 Å². The van der Waals surface area contributed by atoms with Crippen molar-refractivity contribution in [3.05, 3.63) is 65.5 Å². The van der Waals surface area contributed by atoms with Gasteiger partial charge in [-0.1, -0.05) is 24.3 Å². The largest absolute Gasteiger partial charge is 0.478 e. The molecule has 0 radical (unpaired) electrons. The standard InChI is InChI=1S/C18H19FN2O5S/c1-12(26-16-6-4-3-5-15(16)19)17(22)20-21-18(23)14-9-7-13(8-10-14)11-27(2,24)25/h3-10,12H,11H2,1-2H3,(H,20,22)(H,21,23)/t12-/m0/s1. The Hall–Kier alpha value is -2.94. The molecule has 144 valence electrons. The fourth-order valence-electron chi connectivity index (χ4n) is 2.13. The normalized spacial score (nSPS) is 12.1. The summed E-state index contributed by atoms with van der Waals surface area (Å²) in [5.41, 5.74) is 5.19. The molecule has 0 saturated heterocycles. The number of hydrogen-bond acceptors (Lipinski definition) is 5. The summed E-state index contributed by atoms with van der Waals surface area (Å²) in [6.45, 7) is 1.41. The van der Waals surface area contributed by atoms with Crippen molar-refractivity contribution in [1.29, 1.82) is 0 Å². The van der Waals surface area contributed by atoms with Gasteiger partial charge in [-0.3, -0.25) is 20.4 Å². The van der Waals surface area contributed by atoms with E-state index in [-0.39, 0.29) is 17.1 Å². The second-order valence-electron chi connectivity index (χ2n) is 5.90. The first-order chi connectivity index (χ1) is 12.7. The zero-order chi connectivity index (χ0) is 20.0. The summed E-state index contributed by atoms with van der Waals surface area (Å²) in [5, 5.41) is 0. The number of rotatable bonds is 6. The first-order valence-electron chi connectivity index (χ1n) is 7.94. The SMILES string of the molecule is C[C@H](Oc1ccccc1F)C(=O)NNC(=O)c1ccc(CS(C)(=O)=O)cc1. The Morgan fingerprint density at radius 2 is 1.70 bits per heavy atom. The fourth-order valence-corrected chi connectivity index (χ4v) is 2.93. The Labute approximate surface area is 156 Å². The predicted octanol–water partition coefficient (Wildman–Crippen LogP) is 1.60. The van der Waals surface area contributed by atoms with E-state index in [2.05, 4.69) is 10.9 Å². The summed E-state index contributed by atoms with van der Waals surface area (Å²) < 4.78 is 41.2. The van der Waals surface area contributed by atoms with Crippen LogP contribution in [0.4, 0.5) is 4.39 Å². The van der Waals surface area contributed by atoms with Gasteiger partial charge in [0.15, 0.2) is 27.5 Å². The molecule has 0 aromatic heterocycles. The summed E-state index contributed by atoms with van der Waals surface area (Å²) in [4.78, 5) is 24.0. The molecule has 9 heteroatoms. The molecule has 0 aliphatic rings. The molecular formula is C18H19FN2O5S. The van der Waals surface area contributed by atoms with Crippen LogP contribution < -0.4 is 15.6 Å². The van der Waals surface area contributed by atoms with E-state index < -0.39 is 33.6 Å². The van der Waals surface area contributed by atoms with Crippen LogP contribution in [-0.4, -0.2) is 32.6 Å². The molecule has 0 unspecified atom stereocenters. The predicted molar refractivity (Wildman–Crippen MR) is 97.1 cm³/mol. The summed E-state index contributed by atoms with van der Waals surface area (Å²) in [6.07, 6.45) is 0.0765. The quantitative estimate of drug-likeness (QED) is 0.725. The topological polar surface area (TPSA) is 102 Å². The number of hydrogen-bond donors (Lipinski definition) is 2. The van der Waals surface area contributed by atoms with E-state index in [9.17, 15) is 22.4 Å². The average molecular weight is 394 g/mol. The number of benzene rings is 2. The molecule has 2 aromatic rings. The van der Waals surface area contributed by atoms with Gasteiger partial charge in [0.1, 0.15) is 0 Å². The lowest BCUT2D eigenvalue weighted by atomic mass is 10.1. The second kappa shape index (κ2) is 8.63. The van der Waals surface area contributed by atoms with Gasteiger partial charge < -0.3 is 4.74 Å². The van der Waals surface area contributed by atoms with Crippen molar-refractivity contribution in [1.82, 2.24) is 10.9 Å². The Morgan fingerprint density at radius 1 is 1.07 bits per heavy atom. The van der Waals surface area contributed by atoms with E-state index in [0.717, 1.165) is 6.26 Å². The van der Waals surface area contributed by atoms with Crippen LogP contribution >= 0.6 is 0 Å². The number of para-hydroxylation sites is 1. The van der Waals surface area contributed by atoms with E-state index in [1.54, 1.807) is 6.07 Å². The van der Waals surface area contributed by atoms with Gasteiger partial charge in [-0.25, -0.2) is 12.8 Å². The maximum atomic E-state index is 13.5. The number of carbonyl (C=O) groups excluding carboxylic acids is 2. The molecule has 7 nitrogen and oxygen atoms in total. The minimum Gasteiger partial charge on any atom is -0.478 e. The molecule has 0 aliphatic carbocycles. The summed E-state index contributed by atoms with van der Waals surface area (Å²) in [6, 6.07) is 11.6. The minimum atomic E-state index is -3.17. The lowest BCUT2D eigenvalue weighted by Gasteiger charge is -2.15. The van der Waals surface area contributed by atoms with Crippen LogP contribution in [0, 0.1) is 5.82 Å². The zero-order valence-corrected chi connectivity index (χ0v) is 15.5. The molecule has 0 spiro atoms. The van der Waals surface area contributed by atoms with Crippen molar-refractivity contribution in [2.24, 2.45) is 0 Å². The van der Waals surface area contributed by atoms with Crippen molar-refractivity contribution in [3.63, 3.8) is 0 Å². The van der Waals surface area contributed by atoms with Crippen molar-refractivity contribution in [2.75, 3.05) is 6.26 Å². The fraction of sp³-hybridized carbons (Fsp3) is 0.222. The molecule has 0 heterocycles. The molecule has 1 atom stereocenters. The van der Waals surface area contributed by atoms with Crippen LogP contribution in [0.25, 0.3) is 0 Å². The van der Waals surface area contributed by atoms with E-state index in [1.165, 1.54) is 49.4 Å². The van der Waals surface area contributed by atoms with Crippen LogP contribution in [0.2, 0.25) is 0 Å². The highest BCUT2D eigenvalue weighted by atomic mass is 32.2. The van der Waals surface area contributed by atoms with Gasteiger partial charge >= 0.3 is 0 Å². The van der Waals surface area contributed by atoms with Gasteiger partial charge in [0.05, 0.1) is 5.75 Å². The number of nitrogens with one attached hydrogen (secondary N) is 2. The van der Waals surface area contributed by atoms with Crippen LogP contribution in [0.5, 0.6) is 5.75 Å². The van der Waals surface area contributed by atoms with Crippen molar-refractivity contribution < 1.29 is 27.1 Å². The monoisotopic (exact) mass is 394 g/mol. The molecule has 2 aromatic carbocycles. The number of carbonyl (C=O) groups is 2. The second-order valence-corrected chi connectivity index (χ2v) is 8.04. The number of sulfone groups is 1. The van der Waals surface area contributed by atoms with E-state index in [4.69, 9.17) is 4.74 Å². The first-order valence-corrected chi connectivity index (χ1v) is 10.00. The zero-order valence-electron chi connectivity index (χ0n) is 14.7. The maximum absolute atomic E-state index is 13.5. The highest BCUT2D eigenvalue weighted by Crippen LogP contribution is 2.16. The van der Waals surface area contributed by atoms with Gasteiger partial charge in [0.25, 0.3) is 11.8 Å². The number of halogens is 1. The lowest BCUT2D eigenvalue weighted by Crippen LogP contribution is -2.47. The molecule has 0 saturated carbocycles. The number of hydrazine groups is 1. The van der Waals surface area contributed by atoms with Gasteiger partial charge in [-0.15, -0.1) is 0 Å². The van der Waals surface area contributed by atoms with Crippen LogP contribution in [0.1, 0.15) is 22.8 Å². The Bertz CT molecular complexity index is 929. The summed E-state index contributed by atoms with van der Waals surface area (Å²) in [5.74, 6) is -2.06. The Morgan fingerprint density at radius 3 is 2.30 bits per heavy atom. The molecule has 2 rings (SSSR count). The van der Waals surface area contributed by atoms with Gasteiger partial charge in [-0.2, -0.15) is 0 Å². The lowest BCUT2D eigenvalue weighted by molar-refractivity contribution is -0.128. The van der Waals surface area contributed by atoms with E-state index >= 15 is 0 Å². The highest BCUT2D eigenvalue weighted by molar-refractivity contribution is 7.89. The maximum Gasteiger partial charge on any atom is 0.279 e. The molecule has 27 heavy (non-hydrogen) atoms. The van der Waals surface area contributed by atoms with E-state index in [0.29, 0.717) is 5.56 Å². The molecule has 0 fully saturated rings. The van der Waals surface area contributed by atoms with Gasteiger partial charge in [0, 0.05) is 11.8 Å². The smallest absolute Gasteiger partial charge is 0.279 e. The van der Waals surface area contributed by atoms with Crippen LogP contribution in [0.15, 0.2) is 48.5 Å². The summed E-state index contributed by atoms with van der Waals surface area (Å²) >= 11 is 0. The molecule has 0 aliphatic heterocycles. The van der Waals surface area contributed by atoms with Crippen molar-refractivity contribution >= 4 is 21.7 Å². The third-order valence-electron chi connectivity index (χ3n) is 3.45. The third kappa shape index (κ3) is 6.37. The molecule has 2 amide bonds. The average Bonchev–Trinajstić information content (AvgIpc) is 2.60. The Kier molecular flexibility index (Phi) is 6.51. The van der Waals surface area contributed by atoms with Crippen LogP contribution in [0.3, 0.4) is 0 Å². The first kappa shape index (κ1) is 20.4. The van der Waals surface area contributed by atoms with Crippen molar-refractivity contribution in [3.8, 4) is 5.75 Å². The van der Waals surface area contributed by atoms with Gasteiger partial charge in [-0.05, 0) is 36.8 Å². The summed E-state index contributed by atoms with van der Waals surface area (Å²) in [7, 11) is -3.17. The highest BCUT2D eigenvalue weighted by Gasteiger charge is 2.17. The van der Waals surface area contributed by atoms with Crippen LogP contribution in [-0.2, 0) is 20.4 Å². The van der Waals surface area contributed by atoms with Gasteiger partial charge in [0.2, 0.25) is 0 Å². The third-order valence-corrected chi connectivity index (χ3v) is 4.31. The Balaban J connectivity index is 1.89. The number of amides is 2.